The summed E-state index contributed by atoms with van der Waals surface area (Å²) >= 11 is 1.71. The number of guanidine groups is 1. The molecule has 0 bridgehead atoms. The normalized spacial score (nSPS) is 11.5. The summed E-state index contributed by atoms with van der Waals surface area (Å²) < 4.78 is 0. The van der Waals surface area contributed by atoms with Crippen LogP contribution in [0, 0.1) is 6.92 Å². The van der Waals surface area contributed by atoms with Crippen LogP contribution in [0.5, 0.6) is 0 Å². The minimum atomic E-state index is 0.641. The van der Waals surface area contributed by atoms with Crippen molar-refractivity contribution in [1.82, 2.24) is 15.6 Å². The lowest BCUT2D eigenvalue weighted by Crippen LogP contribution is -2.37. The zero-order chi connectivity index (χ0) is 17.0. The number of hydrogen-bond donors (Lipinski definition) is 2. The SMILES string of the molecule is CCNC(=NCc1ncc(C)s1)NCCCCCc1ccccc1. The number of hydrogen-bond acceptors (Lipinski definition) is 3. The van der Waals surface area contributed by atoms with Gasteiger partial charge in [0.2, 0.25) is 0 Å². The van der Waals surface area contributed by atoms with Gasteiger partial charge in [0.05, 0.1) is 6.54 Å². The van der Waals surface area contributed by atoms with Gasteiger partial charge in [-0.2, -0.15) is 0 Å². The first-order chi connectivity index (χ1) is 11.8. The lowest BCUT2D eigenvalue weighted by Gasteiger charge is -2.10. The van der Waals surface area contributed by atoms with E-state index in [0.29, 0.717) is 6.54 Å². The van der Waals surface area contributed by atoms with Crippen LogP contribution in [-0.4, -0.2) is 24.0 Å². The quantitative estimate of drug-likeness (QED) is 0.412. The van der Waals surface area contributed by atoms with E-state index in [4.69, 9.17) is 0 Å². The fourth-order valence-corrected chi connectivity index (χ4v) is 3.16. The second kappa shape index (κ2) is 10.8. The largest absolute Gasteiger partial charge is 0.357 e. The number of aromatic nitrogens is 1. The van der Waals surface area contributed by atoms with E-state index >= 15 is 0 Å². The summed E-state index contributed by atoms with van der Waals surface area (Å²) in [6.07, 6.45) is 6.69. The maximum atomic E-state index is 4.60. The van der Waals surface area contributed by atoms with Gasteiger partial charge in [0, 0.05) is 24.2 Å². The third kappa shape index (κ3) is 7.13. The Balaban J connectivity index is 1.64. The topological polar surface area (TPSA) is 49.3 Å². The number of rotatable bonds is 9. The van der Waals surface area contributed by atoms with Gasteiger partial charge < -0.3 is 10.6 Å². The van der Waals surface area contributed by atoms with Crippen molar-refractivity contribution in [3.05, 3.63) is 52.0 Å². The Morgan fingerprint density at radius 3 is 2.67 bits per heavy atom. The van der Waals surface area contributed by atoms with Crippen molar-refractivity contribution in [3.8, 4) is 0 Å². The molecule has 130 valence electrons. The number of unbranched alkanes of at least 4 members (excludes halogenated alkanes) is 2. The van der Waals surface area contributed by atoms with Crippen molar-refractivity contribution in [1.29, 1.82) is 0 Å². The van der Waals surface area contributed by atoms with Crippen molar-refractivity contribution in [2.45, 2.75) is 46.1 Å². The molecule has 0 unspecified atom stereocenters. The molecule has 5 heteroatoms. The molecular formula is C19H28N4S. The van der Waals surface area contributed by atoms with Gasteiger partial charge in [-0.15, -0.1) is 11.3 Å². The van der Waals surface area contributed by atoms with Crippen LogP contribution in [-0.2, 0) is 13.0 Å². The number of nitrogens with one attached hydrogen (secondary N) is 2. The van der Waals surface area contributed by atoms with E-state index in [2.05, 4.69) is 64.8 Å². The number of nitrogens with zero attached hydrogens (tertiary/aromatic N) is 2. The highest BCUT2D eigenvalue weighted by atomic mass is 32.1. The molecule has 0 saturated heterocycles. The highest BCUT2D eigenvalue weighted by Crippen LogP contribution is 2.11. The summed E-state index contributed by atoms with van der Waals surface area (Å²) in [7, 11) is 0. The minimum Gasteiger partial charge on any atom is -0.357 e. The molecular weight excluding hydrogens is 316 g/mol. The smallest absolute Gasteiger partial charge is 0.191 e. The van der Waals surface area contributed by atoms with Crippen LogP contribution in [0.25, 0.3) is 0 Å². The Kier molecular flexibility index (Phi) is 8.32. The third-order valence-corrected chi connectivity index (χ3v) is 4.56. The third-order valence-electron chi connectivity index (χ3n) is 3.66. The van der Waals surface area contributed by atoms with Crippen molar-refractivity contribution in [2.75, 3.05) is 13.1 Å². The van der Waals surface area contributed by atoms with E-state index in [1.807, 2.05) is 6.20 Å². The molecule has 2 rings (SSSR count). The molecule has 0 amide bonds. The molecule has 1 heterocycles. The molecule has 24 heavy (non-hydrogen) atoms. The van der Waals surface area contributed by atoms with E-state index in [1.165, 1.54) is 29.7 Å². The second-order valence-corrected chi connectivity index (χ2v) is 7.10. The minimum absolute atomic E-state index is 0.641. The van der Waals surface area contributed by atoms with Crippen LogP contribution in [0.2, 0.25) is 0 Å². The number of aliphatic imine (C=N–C) groups is 1. The van der Waals surface area contributed by atoms with Gasteiger partial charge in [-0.3, -0.25) is 0 Å². The van der Waals surface area contributed by atoms with Gasteiger partial charge in [-0.1, -0.05) is 36.8 Å². The summed E-state index contributed by atoms with van der Waals surface area (Å²) in [5, 5.41) is 7.77. The zero-order valence-corrected chi connectivity index (χ0v) is 15.5. The van der Waals surface area contributed by atoms with Crippen LogP contribution in [0.4, 0.5) is 0 Å². The van der Waals surface area contributed by atoms with Crippen molar-refractivity contribution >= 4 is 17.3 Å². The van der Waals surface area contributed by atoms with E-state index < -0.39 is 0 Å². The molecule has 2 aromatic rings. The fraction of sp³-hybridized carbons (Fsp3) is 0.474. The molecule has 1 aromatic carbocycles. The molecule has 0 saturated carbocycles. The van der Waals surface area contributed by atoms with Crippen LogP contribution in [0.3, 0.4) is 0 Å². The maximum Gasteiger partial charge on any atom is 0.191 e. The molecule has 0 aliphatic rings. The number of thiazole rings is 1. The first-order valence-electron chi connectivity index (χ1n) is 8.75. The highest BCUT2D eigenvalue weighted by Gasteiger charge is 2.00. The predicted octanol–water partition coefficient (Wildman–Crippen LogP) is 3.92. The number of benzene rings is 1. The molecule has 1 aromatic heterocycles. The van der Waals surface area contributed by atoms with Gasteiger partial charge in [0.25, 0.3) is 0 Å². The lowest BCUT2D eigenvalue weighted by atomic mass is 10.1. The Labute approximate surface area is 149 Å². The monoisotopic (exact) mass is 344 g/mol. The fourth-order valence-electron chi connectivity index (χ4n) is 2.45. The van der Waals surface area contributed by atoms with Gasteiger partial charge in [-0.05, 0) is 38.7 Å². The van der Waals surface area contributed by atoms with Gasteiger partial charge in [0.15, 0.2) is 5.96 Å². The molecule has 0 atom stereocenters. The van der Waals surface area contributed by atoms with E-state index in [0.717, 1.165) is 30.5 Å². The molecule has 0 fully saturated rings. The molecule has 0 aliphatic carbocycles. The Hall–Kier alpha value is -1.88. The average molecular weight is 345 g/mol. The first kappa shape index (κ1) is 18.5. The van der Waals surface area contributed by atoms with Crippen LogP contribution in [0.15, 0.2) is 41.5 Å². The van der Waals surface area contributed by atoms with E-state index in [-0.39, 0.29) is 0 Å². The maximum absolute atomic E-state index is 4.60. The summed E-state index contributed by atoms with van der Waals surface area (Å²) in [6.45, 7) is 6.63. The standard InChI is InChI=1S/C19H28N4S/c1-3-20-19(23-15-18-22-14-16(2)24-18)21-13-9-5-8-12-17-10-6-4-7-11-17/h4,6-7,10-11,14H,3,5,8-9,12-13,15H2,1-2H3,(H2,20,21,23). The lowest BCUT2D eigenvalue weighted by molar-refractivity contribution is 0.656. The summed E-state index contributed by atoms with van der Waals surface area (Å²) in [5.74, 6) is 0.883. The second-order valence-electron chi connectivity index (χ2n) is 5.78. The summed E-state index contributed by atoms with van der Waals surface area (Å²) in [4.78, 5) is 10.2. The summed E-state index contributed by atoms with van der Waals surface area (Å²) in [6, 6.07) is 10.7. The molecule has 0 spiro atoms. The van der Waals surface area contributed by atoms with Crippen LogP contribution in [0.1, 0.15) is 41.6 Å². The number of aryl methyl sites for hydroxylation is 2. The molecule has 2 N–H and O–H groups in total. The van der Waals surface area contributed by atoms with E-state index in [9.17, 15) is 0 Å². The van der Waals surface area contributed by atoms with Gasteiger partial charge >= 0.3 is 0 Å². The molecule has 4 nitrogen and oxygen atoms in total. The average Bonchev–Trinajstić information content (AvgIpc) is 3.02. The van der Waals surface area contributed by atoms with Crippen LogP contribution < -0.4 is 10.6 Å². The summed E-state index contributed by atoms with van der Waals surface area (Å²) in [5.41, 5.74) is 1.43. The van der Waals surface area contributed by atoms with E-state index in [1.54, 1.807) is 11.3 Å². The first-order valence-corrected chi connectivity index (χ1v) is 9.57. The highest BCUT2D eigenvalue weighted by molar-refractivity contribution is 7.11. The Bertz CT molecular complexity index is 607. The van der Waals surface area contributed by atoms with Crippen molar-refractivity contribution in [2.24, 2.45) is 4.99 Å². The van der Waals surface area contributed by atoms with Crippen molar-refractivity contribution in [3.63, 3.8) is 0 Å². The Morgan fingerprint density at radius 1 is 1.12 bits per heavy atom. The van der Waals surface area contributed by atoms with Gasteiger partial charge in [-0.25, -0.2) is 9.98 Å². The Morgan fingerprint density at radius 2 is 1.96 bits per heavy atom. The molecule has 0 aliphatic heterocycles. The van der Waals surface area contributed by atoms with Crippen molar-refractivity contribution < 1.29 is 0 Å². The zero-order valence-electron chi connectivity index (χ0n) is 14.7. The van der Waals surface area contributed by atoms with Crippen LogP contribution >= 0.6 is 11.3 Å². The van der Waals surface area contributed by atoms with Gasteiger partial charge in [0.1, 0.15) is 5.01 Å². The molecule has 0 radical (unpaired) electrons. The predicted molar refractivity (Wildman–Crippen MR) is 104 cm³/mol.